The van der Waals surface area contributed by atoms with Crippen LogP contribution in [0.1, 0.15) is 22.0 Å². The van der Waals surface area contributed by atoms with E-state index < -0.39 is 6.04 Å². The standard InChI is InChI=1S/C17H22N2O3S/c1-12-8-9-23-16(12)10-18-17(21)19(2)15(11-20)13-4-6-14(22-3)7-5-13/h4-9,15,20H,10-11H2,1-3H3,(H,18,21)/t15-/m0/s1. The molecule has 0 unspecified atom stereocenters. The molecular formula is C17H22N2O3S. The summed E-state index contributed by atoms with van der Waals surface area (Å²) >= 11 is 1.62. The van der Waals surface area contributed by atoms with Gasteiger partial charge in [0.2, 0.25) is 0 Å². The Balaban J connectivity index is 2.01. The van der Waals surface area contributed by atoms with Gasteiger partial charge in [-0.1, -0.05) is 12.1 Å². The van der Waals surface area contributed by atoms with Crippen LogP contribution in [0.4, 0.5) is 4.79 Å². The summed E-state index contributed by atoms with van der Waals surface area (Å²) in [6.45, 7) is 2.37. The molecule has 6 heteroatoms. The Kier molecular flexibility index (Phi) is 6.01. The monoisotopic (exact) mass is 334 g/mol. The number of carbonyl (C=O) groups is 1. The van der Waals surface area contributed by atoms with Crippen LogP contribution < -0.4 is 10.1 Å². The minimum absolute atomic E-state index is 0.145. The SMILES string of the molecule is COc1ccc([C@H](CO)N(C)C(=O)NCc2sccc2C)cc1. The average Bonchev–Trinajstić information content (AvgIpc) is 2.99. The third kappa shape index (κ3) is 4.24. The zero-order valence-corrected chi connectivity index (χ0v) is 14.4. The second-order valence-electron chi connectivity index (χ2n) is 5.27. The number of urea groups is 1. The van der Waals surface area contributed by atoms with E-state index in [0.29, 0.717) is 6.54 Å². The number of thiophene rings is 1. The molecule has 0 aliphatic carbocycles. The number of aliphatic hydroxyl groups is 1. The summed E-state index contributed by atoms with van der Waals surface area (Å²) in [6.07, 6.45) is 0. The van der Waals surface area contributed by atoms with E-state index >= 15 is 0 Å². The molecule has 1 aromatic heterocycles. The highest BCUT2D eigenvalue weighted by Crippen LogP contribution is 2.22. The number of amides is 2. The molecule has 0 saturated carbocycles. The van der Waals surface area contributed by atoms with Crippen molar-refractivity contribution in [2.45, 2.75) is 19.5 Å². The van der Waals surface area contributed by atoms with E-state index in [1.165, 1.54) is 10.5 Å². The van der Waals surface area contributed by atoms with Gasteiger partial charge in [0, 0.05) is 11.9 Å². The molecule has 0 radical (unpaired) electrons. The normalized spacial score (nSPS) is 11.8. The Labute approximate surface area is 140 Å². The van der Waals surface area contributed by atoms with E-state index in [2.05, 4.69) is 5.32 Å². The van der Waals surface area contributed by atoms with E-state index in [4.69, 9.17) is 4.74 Å². The summed E-state index contributed by atoms with van der Waals surface area (Å²) in [5, 5.41) is 14.6. The van der Waals surface area contributed by atoms with Crippen LogP contribution in [0.3, 0.4) is 0 Å². The third-order valence-electron chi connectivity index (χ3n) is 3.83. The van der Waals surface area contributed by atoms with Gasteiger partial charge in [0.25, 0.3) is 0 Å². The summed E-state index contributed by atoms with van der Waals surface area (Å²) in [5.74, 6) is 0.741. The number of aryl methyl sites for hydroxylation is 1. The van der Waals surface area contributed by atoms with Crippen LogP contribution in [0.15, 0.2) is 35.7 Å². The number of hydrogen-bond donors (Lipinski definition) is 2. The highest BCUT2D eigenvalue weighted by Gasteiger charge is 2.21. The summed E-state index contributed by atoms with van der Waals surface area (Å²) in [5.41, 5.74) is 2.03. The van der Waals surface area contributed by atoms with Gasteiger partial charge in [0.1, 0.15) is 5.75 Å². The Hall–Kier alpha value is -2.05. The van der Waals surface area contributed by atoms with Crippen LogP contribution in [0.5, 0.6) is 5.75 Å². The summed E-state index contributed by atoms with van der Waals surface area (Å²) in [7, 11) is 3.28. The number of benzene rings is 1. The topological polar surface area (TPSA) is 61.8 Å². The Morgan fingerprint density at radius 2 is 2.04 bits per heavy atom. The molecule has 0 bridgehead atoms. The molecule has 2 aromatic rings. The maximum atomic E-state index is 12.3. The lowest BCUT2D eigenvalue weighted by molar-refractivity contribution is 0.149. The van der Waals surface area contributed by atoms with Crippen molar-refractivity contribution in [3.8, 4) is 5.75 Å². The van der Waals surface area contributed by atoms with Crippen LogP contribution in [0.2, 0.25) is 0 Å². The molecule has 124 valence electrons. The molecule has 2 N–H and O–H groups in total. The third-order valence-corrected chi connectivity index (χ3v) is 4.85. The fraction of sp³-hybridized carbons (Fsp3) is 0.353. The molecule has 1 atom stereocenters. The van der Waals surface area contributed by atoms with Gasteiger partial charge >= 0.3 is 6.03 Å². The van der Waals surface area contributed by atoms with Gasteiger partial charge < -0.3 is 20.1 Å². The molecule has 0 aliphatic heterocycles. The quantitative estimate of drug-likeness (QED) is 0.854. The molecule has 0 saturated heterocycles. The van der Waals surface area contributed by atoms with Crippen molar-refractivity contribution in [3.05, 3.63) is 51.7 Å². The van der Waals surface area contributed by atoms with Crippen LogP contribution in [0.25, 0.3) is 0 Å². The molecule has 1 heterocycles. The number of nitrogens with zero attached hydrogens (tertiary/aromatic N) is 1. The first kappa shape index (κ1) is 17.3. The zero-order chi connectivity index (χ0) is 16.8. The van der Waals surface area contributed by atoms with Gasteiger partial charge in [-0.3, -0.25) is 0 Å². The smallest absolute Gasteiger partial charge is 0.318 e. The predicted molar refractivity (Wildman–Crippen MR) is 91.9 cm³/mol. The number of ether oxygens (including phenoxy) is 1. The number of carbonyl (C=O) groups excluding carboxylic acids is 1. The van der Waals surface area contributed by atoms with E-state index in [9.17, 15) is 9.90 Å². The highest BCUT2D eigenvalue weighted by molar-refractivity contribution is 7.10. The van der Waals surface area contributed by atoms with Gasteiger partial charge in [-0.25, -0.2) is 4.79 Å². The number of hydrogen-bond acceptors (Lipinski definition) is 4. The van der Waals surface area contributed by atoms with Crippen molar-refractivity contribution in [1.82, 2.24) is 10.2 Å². The molecule has 2 amide bonds. The van der Waals surface area contributed by atoms with Crippen LogP contribution >= 0.6 is 11.3 Å². The lowest BCUT2D eigenvalue weighted by atomic mass is 10.1. The number of likely N-dealkylation sites (N-methyl/N-ethyl adjacent to an activating group) is 1. The molecule has 0 spiro atoms. The Morgan fingerprint density at radius 3 is 2.57 bits per heavy atom. The van der Waals surface area contributed by atoms with Crippen molar-refractivity contribution in [3.63, 3.8) is 0 Å². The molecule has 2 rings (SSSR count). The number of rotatable bonds is 6. The van der Waals surface area contributed by atoms with Gasteiger partial charge in [-0.15, -0.1) is 11.3 Å². The molecule has 1 aromatic carbocycles. The van der Waals surface area contributed by atoms with E-state index in [1.807, 2.05) is 42.6 Å². The lowest BCUT2D eigenvalue weighted by Gasteiger charge is -2.27. The molecular weight excluding hydrogens is 312 g/mol. The van der Waals surface area contributed by atoms with Gasteiger partial charge in [-0.05, 0) is 41.6 Å². The fourth-order valence-electron chi connectivity index (χ4n) is 2.28. The first-order valence-corrected chi connectivity index (χ1v) is 8.23. The van der Waals surface area contributed by atoms with Crippen molar-refractivity contribution in [2.75, 3.05) is 20.8 Å². The summed E-state index contributed by atoms with van der Waals surface area (Å²) in [4.78, 5) is 15.0. The highest BCUT2D eigenvalue weighted by atomic mass is 32.1. The predicted octanol–water partition coefficient (Wildman–Crippen LogP) is 2.94. The van der Waals surface area contributed by atoms with Gasteiger partial charge in [-0.2, -0.15) is 0 Å². The van der Waals surface area contributed by atoms with Crippen molar-refractivity contribution in [2.24, 2.45) is 0 Å². The number of methoxy groups -OCH3 is 1. The second kappa shape index (κ2) is 7.99. The molecule has 5 nitrogen and oxygen atoms in total. The number of nitrogens with one attached hydrogen (secondary N) is 1. The molecule has 23 heavy (non-hydrogen) atoms. The maximum absolute atomic E-state index is 12.3. The Bertz CT molecular complexity index is 640. The Morgan fingerprint density at radius 1 is 1.35 bits per heavy atom. The average molecular weight is 334 g/mol. The summed E-state index contributed by atoms with van der Waals surface area (Å²) in [6, 6.07) is 8.76. The van der Waals surface area contributed by atoms with E-state index in [1.54, 1.807) is 25.5 Å². The first-order chi connectivity index (χ1) is 11.1. The van der Waals surface area contributed by atoms with Crippen LogP contribution in [-0.4, -0.2) is 36.8 Å². The number of aliphatic hydroxyl groups excluding tert-OH is 1. The largest absolute Gasteiger partial charge is 0.497 e. The maximum Gasteiger partial charge on any atom is 0.318 e. The minimum atomic E-state index is -0.398. The van der Waals surface area contributed by atoms with Crippen LogP contribution in [0, 0.1) is 6.92 Å². The van der Waals surface area contributed by atoms with Gasteiger partial charge in [0.15, 0.2) is 0 Å². The van der Waals surface area contributed by atoms with Crippen LogP contribution in [-0.2, 0) is 6.54 Å². The molecule has 0 fully saturated rings. The fourth-order valence-corrected chi connectivity index (χ4v) is 3.13. The first-order valence-electron chi connectivity index (χ1n) is 7.35. The van der Waals surface area contributed by atoms with Gasteiger partial charge in [0.05, 0.1) is 26.3 Å². The minimum Gasteiger partial charge on any atom is -0.497 e. The lowest BCUT2D eigenvalue weighted by Crippen LogP contribution is -2.40. The van der Waals surface area contributed by atoms with E-state index in [-0.39, 0.29) is 12.6 Å². The molecule has 0 aliphatic rings. The second-order valence-corrected chi connectivity index (χ2v) is 6.27. The van der Waals surface area contributed by atoms with E-state index in [0.717, 1.165) is 16.2 Å². The van der Waals surface area contributed by atoms with Crippen molar-refractivity contribution < 1.29 is 14.6 Å². The van der Waals surface area contributed by atoms with Crippen molar-refractivity contribution >= 4 is 17.4 Å². The van der Waals surface area contributed by atoms with Crippen molar-refractivity contribution in [1.29, 1.82) is 0 Å². The summed E-state index contributed by atoms with van der Waals surface area (Å²) < 4.78 is 5.13. The zero-order valence-electron chi connectivity index (χ0n) is 13.6.